The molecule has 1 unspecified atom stereocenters. The minimum atomic E-state index is 0.698. The fourth-order valence-corrected chi connectivity index (χ4v) is 3.51. The molecule has 144 valence electrons. The summed E-state index contributed by atoms with van der Waals surface area (Å²) in [4.78, 5) is 6.80. The Morgan fingerprint density at radius 1 is 1.23 bits per heavy atom. The Balaban J connectivity index is 1.49. The van der Waals surface area contributed by atoms with Gasteiger partial charge in [0.1, 0.15) is 5.75 Å². The molecule has 1 saturated carbocycles. The van der Waals surface area contributed by atoms with Crippen molar-refractivity contribution in [3.63, 3.8) is 0 Å². The Hall–Kier alpha value is -1.75. The predicted molar refractivity (Wildman–Crippen MR) is 108 cm³/mol. The van der Waals surface area contributed by atoms with Crippen molar-refractivity contribution >= 4 is 5.96 Å². The number of piperidine rings is 1. The smallest absolute Gasteiger partial charge is 0.191 e. The largest absolute Gasteiger partial charge is 0.493 e. The number of hydrogen-bond acceptors (Lipinski definition) is 3. The highest BCUT2D eigenvalue weighted by Crippen LogP contribution is 2.30. The summed E-state index contributed by atoms with van der Waals surface area (Å²) >= 11 is 0. The Labute approximate surface area is 158 Å². The Morgan fingerprint density at radius 3 is 2.81 bits per heavy atom. The first-order valence-corrected chi connectivity index (χ1v) is 9.99. The molecule has 5 heteroatoms. The van der Waals surface area contributed by atoms with E-state index in [9.17, 15) is 0 Å². The molecule has 2 N–H and O–H groups in total. The first-order chi connectivity index (χ1) is 12.6. The van der Waals surface area contributed by atoms with Crippen LogP contribution in [0, 0.1) is 18.8 Å². The summed E-state index contributed by atoms with van der Waals surface area (Å²) < 4.78 is 6.07. The van der Waals surface area contributed by atoms with Crippen LogP contribution in [0.2, 0.25) is 0 Å². The van der Waals surface area contributed by atoms with Gasteiger partial charge >= 0.3 is 0 Å². The van der Waals surface area contributed by atoms with E-state index in [1.165, 1.54) is 49.9 Å². The lowest BCUT2D eigenvalue weighted by Gasteiger charge is -2.30. The molecular weight excluding hydrogens is 324 g/mol. The van der Waals surface area contributed by atoms with Gasteiger partial charge < -0.3 is 20.3 Å². The van der Waals surface area contributed by atoms with Crippen molar-refractivity contribution in [3.05, 3.63) is 29.3 Å². The van der Waals surface area contributed by atoms with E-state index < -0.39 is 0 Å². The summed E-state index contributed by atoms with van der Waals surface area (Å²) in [5.74, 6) is 3.34. The van der Waals surface area contributed by atoms with E-state index in [-0.39, 0.29) is 0 Å². The summed E-state index contributed by atoms with van der Waals surface area (Å²) in [5.41, 5.74) is 2.43. The summed E-state index contributed by atoms with van der Waals surface area (Å²) in [6, 6.07) is 6.45. The lowest BCUT2D eigenvalue weighted by molar-refractivity contribution is 0.210. The molecule has 1 atom stereocenters. The molecule has 1 saturated heterocycles. The van der Waals surface area contributed by atoms with E-state index in [0.29, 0.717) is 5.92 Å². The molecule has 0 aromatic heterocycles. The zero-order valence-electron chi connectivity index (χ0n) is 16.6. The normalized spacial score (nSPS) is 21.5. The molecule has 1 aromatic rings. The fraction of sp³-hybridized carbons (Fsp3) is 0.667. The van der Waals surface area contributed by atoms with Crippen molar-refractivity contribution in [1.29, 1.82) is 0 Å². The third-order valence-corrected chi connectivity index (χ3v) is 5.34. The minimum Gasteiger partial charge on any atom is -0.493 e. The highest BCUT2D eigenvalue weighted by Gasteiger charge is 2.22. The van der Waals surface area contributed by atoms with Gasteiger partial charge in [-0.05, 0) is 69.7 Å². The van der Waals surface area contributed by atoms with Crippen molar-refractivity contribution < 1.29 is 4.74 Å². The summed E-state index contributed by atoms with van der Waals surface area (Å²) in [7, 11) is 4.04. The second kappa shape index (κ2) is 9.26. The Bertz CT molecular complexity index is 612. The number of nitrogens with one attached hydrogen (secondary N) is 2. The van der Waals surface area contributed by atoms with Crippen LogP contribution < -0.4 is 15.4 Å². The van der Waals surface area contributed by atoms with Gasteiger partial charge in [-0.25, -0.2) is 0 Å². The highest BCUT2D eigenvalue weighted by atomic mass is 16.5. The Morgan fingerprint density at radius 2 is 2.08 bits per heavy atom. The van der Waals surface area contributed by atoms with Crippen LogP contribution in [0.5, 0.6) is 5.75 Å². The maximum absolute atomic E-state index is 6.07. The number of likely N-dealkylation sites (tertiary alicyclic amines) is 1. The van der Waals surface area contributed by atoms with Gasteiger partial charge in [0.25, 0.3) is 0 Å². The first kappa shape index (κ1) is 19.0. The first-order valence-electron chi connectivity index (χ1n) is 9.99. The second-order valence-electron chi connectivity index (χ2n) is 7.94. The van der Waals surface area contributed by atoms with Gasteiger partial charge in [0, 0.05) is 32.2 Å². The van der Waals surface area contributed by atoms with Crippen molar-refractivity contribution in [3.8, 4) is 5.75 Å². The van der Waals surface area contributed by atoms with Gasteiger partial charge in [-0.1, -0.05) is 12.1 Å². The molecule has 5 nitrogen and oxygen atoms in total. The SMILES string of the molecule is CN=C(NCc1ccc(C)cc1OCC1CC1)NCC1CCCN(C)C1. The van der Waals surface area contributed by atoms with Crippen LogP contribution in [-0.4, -0.2) is 51.2 Å². The highest BCUT2D eigenvalue weighted by molar-refractivity contribution is 5.79. The maximum Gasteiger partial charge on any atom is 0.191 e. The van der Waals surface area contributed by atoms with E-state index in [1.54, 1.807) is 0 Å². The van der Waals surface area contributed by atoms with Crippen molar-refractivity contribution in [1.82, 2.24) is 15.5 Å². The van der Waals surface area contributed by atoms with Crippen LogP contribution in [0.1, 0.15) is 36.8 Å². The average Bonchev–Trinajstić information content (AvgIpc) is 3.46. The molecule has 2 aliphatic rings. The molecule has 1 aliphatic carbocycles. The van der Waals surface area contributed by atoms with Crippen LogP contribution in [0.3, 0.4) is 0 Å². The predicted octanol–water partition coefficient (Wildman–Crippen LogP) is 2.79. The van der Waals surface area contributed by atoms with E-state index in [4.69, 9.17) is 4.74 Å². The van der Waals surface area contributed by atoms with E-state index in [0.717, 1.165) is 37.3 Å². The van der Waals surface area contributed by atoms with Crippen molar-refractivity contribution in [2.24, 2.45) is 16.8 Å². The van der Waals surface area contributed by atoms with Crippen molar-refractivity contribution in [2.45, 2.75) is 39.2 Å². The van der Waals surface area contributed by atoms with E-state index >= 15 is 0 Å². The fourth-order valence-electron chi connectivity index (χ4n) is 3.51. The average molecular weight is 359 g/mol. The third-order valence-electron chi connectivity index (χ3n) is 5.34. The molecule has 0 spiro atoms. The quantitative estimate of drug-likeness (QED) is 0.581. The van der Waals surface area contributed by atoms with E-state index in [2.05, 4.69) is 52.7 Å². The maximum atomic E-state index is 6.07. The number of ether oxygens (including phenoxy) is 1. The molecule has 0 bridgehead atoms. The monoisotopic (exact) mass is 358 g/mol. The topological polar surface area (TPSA) is 48.9 Å². The molecule has 1 aliphatic heterocycles. The molecule has 0 amide bonds. The lowest BCUT2D eigenvalue weighted by Crippen LogP contribution is -2.43. The van der Waals surface area contributed by atoms with Crippen LogP contribution in [-0.2, 0) is 6.54 Å². The number of aryl methyl sites for hydroxylation is 1. The number of guanidine groups is 1. The van der Waals surface area contributed by atoms with Gasteiger partial charge in [0.2, 0.25) is 0 Å². The van der Waals surface area contributed by atoms with Gasteiger partial charge in [0.15, 0.2) is 5.96 Å². The van der Waals surface area contributed by atoms with Gasteiger partial charge in [-0.2, -0.15) is 0 Å². The molecule has 2 fully saturated rings. The zero-order valence-corrected chi connectivity index (χ0v) is 16.6. The number of aliphatic imine (C=N–C) groups is 1. The molecule has 1 heterocycles. The Kier molecular flexibility index (Phi) is 6.78. The van der Waals surface area contributed by atoms with Gasteiger partial charge in [-0.3, -0.25) is 4.99 Å². The van der Waals surface area contributed by atoms with Crippen LogP contribution in [0.15, 0.2) is 23.2 Å². The summed E-state index contributed by atoms with van der Waals surface area (Å²) in [6.45, 7) is 7.05. The molecule has 0 radical (unpaired) electrons. The third kappa shape index (κ3) is 5.90. The molecule has 1 aromatic carbocycles. The number of hydrogen-bond donors (Lipinski definition) is 2. The molecular formula is C21H34N4O. The summed E-state index contributed by atoms with van der Waals surface area (Å²) in [6.07, 6.45) is 5.21. The molecule has 26 heavy (non-hydrogen) atoms. The molecule has 3 rings (SSSR count). The second-order valence-corrected chi connectivity index (χ2v) is 7.94. The zero-order chi connectivity index (χ0) is 18.4. The van der Waals surface area contributed by atoms with Gasteiger partial charge in [0.05, 0.1) is 6.61 Å². The summed E-state index contributed by atoms with van der Waals surface area (Å²) in [5, 5.41) is 6.94. The standard InChI is InChI=1S/C21H34N4O/c1-16-6-9-19(20(11-16)26-15-17-7-8-17)13-24-21(22-2)23-12-18-5-4-10-25(3)14-18/h6,9,11,17-18H,4-5,7-8,10,12-15H2,1-3H3,(H2,22,23,24). The van der Waals surface area contributed by atoms with Crippen LogP contribution in [0.25, 0.3) is 0 Å². The number of rotatable bonds is 7. The minimum absolute atomic E-state index is 0.698. The van der Waals surface area contributed by atoms with Crippen molar-refractivity contribution in [2.75, 3.05) is 40.3 Å². The van der Waals surface area contributed by atoms with E-state index in [1.807, 2.05) is 7.05 Å². The van der Waals surface area contributed by atoms with Crippen LogP contribution >= 0.6 is 0 Å². The number of benzene rings is 1. The van der Waals surface area contributed by atoms with Crippen LogP contribution in [0.4, 0.5) is 0 Å². The number of nitrogens with zero attached hydrogens (tertiary/aromatic N) is 2. The lowest BCUT2D eigenvalue weighted by atomic mass is 9.99. The van der Waals surface area contributed by atoms with Gasteiger partial charge in [-0.15, -0.1) is 0 Å².